The predicted octanol–water partition coefficient (Wildman–Crippen LogP) is 1.23. The minimum atomic E-state index is -0.0868. The maximum absolute atomic E-state index is 12.1. The first-order valence-electron chi connectivity index (χ1n) is 6.66. The van der Waals surface area contributed by atoms with Crippen molar-refractivity contribution in [3.8, 4) is 0 Å². The number of hydrogen-bond donors (Lipinski definition) is 2. The van der Waals surface area contributed by atoms with Crippen LogP contribution >= 0.6 is 0 Å². The number of aryl methyl sites for hydroxylation is 2. The van der Waals surface area contributed by atoms with Crippen LogP contribution in [0.5, 0.6) is 0 Å². The van der Waals surface area contributed by atoms with E-state index in [1.165, 1.54) is 0 Å². The molecule has 1 amide bonds. The Morgan fingerprint density at radius 3 is 2.78 bits per heavy atom. The van der Waals surface area contributed by atoms with Gasteiger partial charge in [-0.15, -0.1) is 0 Å². The molecule has 0 spiro atoms. The van der Waals surface area contributed by atoms with E-state index >= 15 is 0 Å². The molecular weight excluding hydrogens is 228 g/mol. The lowest BCUT2D eigenvalue weighted by Gasteiger charge is -2.16. The van der Waals surface area contributed by atoms with Gasteiger partial charge in [-0.2, -0.15) is 5.10 Å². The van der Waals surface area contributed by atoms with Crippen LogP contribution in [0.3, 0.4) is 0 Å². The van der Waals surface area contributed by atoms with Crippen LogP contribution in [0.4, 0.5) is 0 Å². The van der Waals surface area contributed by atoms with Gasteiger partial charge in [0.25, 0.3) is 5.91 Å². The van der Waals surface area contributed by atoms with Crippen LogP contribution in [0.15, 0.2) is 6.07 Å². The lowest BCUT2D eigenvalue weighted by atomic mass is 10.1. The van der Waals surface area contributed by atoms with Crippen LogP contribution in [0.2, 0.25) is 0 Å². The Morgan fingerprint density at radius 1 is 1.56 bits per heavy atom. The van der Waals surface area contributed by atoms with E-state index in [4.69, 9.17) is 5.73 Å². The monoisotopic (exact) mass is 252 g/mol. The van der Waals surface area contributed by atoms with Crippen LogP contribution in [0.25, 0.3) is 0 Å². The van der Waals surface area contributed by atoms with Gasteiger partial charge in [-0.25, -0.2) is 0 Å². The Hall–Kier alpha value is -1.36. The highest BCUT2D eigenvalue weighted by Gasteiger charge is 2.16. The van der Waals surface area contributed by atoms with E-state index in [2.05, 4.69) is 17.3 Å². The van der Waals surface area contributed by atoms with Crippen molar-refractivity contribution >= 4 is 5.91 Å². The number of nitrogens with zero attached hydrogens (tertiary/aromatic N) is 2. The average molecular weight is 252 g/mol. The molecular formula is C13H24N4O. The van der Waals surface area contributed by atoms with E-state index < -0.39 is 0 Å². The van der Waals surface area contributed by atoms with Gasteiger partial charge >= 0.3 is 0 Å². The van der Waals surface area contributed by atoms with Gasteiger partial charge in [0.2, 0.25) is 0 Å². The van der Waals surface area contributed by atoms with Crippen LogP contribution in [-0.4, -0.2) is 28.3 Å². The van der Waals surface area contributed by atoms with Crippen molar-refractivity contribution < 1.29 is 4.79 Å². The van der Waals surface area contributed by atoms with E-state index in [1.807, 2.05) is 13.0 Å². The SMILES string of the molecule is CCCCC(CN)NC(=O)c1cc(CC)nn1C. The highest BCUT2D eigenvalue weighted by Crippen LogP contribution is 2.06. The summed E-state index contributed by atoms with van der Waals surface area (Å²) in [7, 11) is 1.79. The Morgan fingerprint density at radius 2 is 2.28 bits per heavy atom. The molecule has 5 heteroatoms. The highest BCUT2D eigenvalue weighted by atomic mass is 16.2. The van der Waals surface area contributed by atoms with Crippen LogP contribution < -0.4 is 11.1 Å². The summed E-state index contributed by atoms with van der Waals surface area (Å²) in [6.07, 6.45) is 3.94. The zero-order valence-corrected chi connectivity index (χ0v) is 11.6. The van der Waals surface area contributed by atoms with Gasteiger partial charge in [-0.1, -0.05) is 26.7 Å². The van der Waals surface area contributed by atoms with Crippen molar-refractivity contribution in [1.82, 2.24) is 15.1 Å². The lowest BCUT2D eigenvalue weighted by molar-refractivity contribution is 0.0926. The first kappa shape index (κ1) is 14.7. The molecule has 5 nitrogen and oxygen atoms in total. The normalized spacial score (nSPS) is 12.4. The number of unbranched alkanes of at least 4 members (excludes halogenated alkanes) is 1. The first-order valence-corrected chi connectivity index (χ1v) is 6.66. The quantitative estimate of drug-likeness (QED) is 0.766. The number of rotatable bonds is 7. The molecule has 18 heavy (non-hydrogen) atoms. The van der Waals surface area contributed by atoms with E-state index in [1.54, 1.807) is 11.7 Å². The average Bonchev–Trinajstić information content (AvgIpc) is 2.75. The fourth-order valence-electron chi connectivity index (χ4n) is 1.87. The van der Waals surface area contributed by atoms with Crippen LogP contribution in [-0.2, 0) is 13.5 Å². The number of nitrogens with one attached hydrogen (secondary N) is 1. The van der Waals surface area contributed by atoms with Gasteiger partial charge in [-0.3, -0.25) is 9.48 Å². The summed E-state index contributed by atoms with van der Waals surface area (Å²) in [5.41, 5.74) is 7.20. The van der Waals surface area contributed by atoms with Crippen molar-refractivity contribution in [1.29, 1.82) is 0 Å². The summed E-state index contributed by atoms with van der Waals surface area (Å²) in [4.78, 5) is 12.1. The van der Waals surface area contributed by atoms with Crippen molar-refractivity contribution in [2.45, 2.75) is 45.6 Å². The molecule has 102 valence electrons. The smallest absolute Gasteiger partial charge is 0.269 e. The van der Waals surface area contributed by atoms with Gasteiger partial charge in [0.05, 0.1) is 5.69 Å². The van der Waals surface area contributed by atoms with Crippen molar-refractivity contribution in [3.63, 3.8) is 0 Å². The Balaban J connectivity index is 2.65. The number of carbonyl (C=O) groups is 1. The summed E-state index contributed by atoms with van der Waals surface area (Å²) in [5, 5.41) is 7.24. The van der Waals surface area contributed by atoms with Gasteiger partial charge in [-0.05, 0) is 18.9 Å². The molecule has 3 N–H and O–H groups in total. The Labute approximate surface area is 109 Å². The van der Waals surface area contributed by atoms with Crippen LogP contribution in [0, 0.1) is 0 Å². The Kier molecular flexibility index (Phi) is 5.85. The summed E-state index contributed by atoms with van der Waals surface area (Å²) < 4.78 is 1.63. The van der Waals surface area contributed by atoms with E-state index in [0.29, 0.717) is 12.2 Å². The van der Waals surface area contributed by atoms with E-state index in [0.717, 1.165) is 31.4 Å². The summed E-state index contributed by atoms with van der Waals surface area (Å²) >= 11 is 0. The van der Waals surface area contributed by atoms with Crippen LogP contribution in [0.1, 0.15) is 49.3 Å². The number of nitrogens with two attached hydrogens (primary N) is 1. The van der Waals surface area contributed by atoms with Crippen molar-refractivity contribution in [2.75, 3.05) is 6.54 Å². The van der Waals surface area contributed by atoms with Crippen molar-refractivity contribution in [3.05, 3.63) is 17.5 Å². The highest BCUT2D eigenvalue weighted by molar-refractivity contribution is 5.92. The molecule has 0 radical (unpaired) electrons. The molecule has 0 saturated heterocycles. The number of amides is 1. The largest absolute Gasteiger partial charge is 0.347 e. The first-order chi connectivity index (χ1) is 8.62. The third kappa shape index (κ3) is 3.84. The van der Waals surface area contributed by atoms with Gasteiger partial charge in [0, 0.05) is 19.6 Å². The molecule has 0 aliphatic heterocycles. The molecule has 0 bridgehead atoms. The standard InChI is InChI=1S/C13H24N4O/c1-4-6-7-11(9-14)15-13(18)12-8-10(5-2)16-17(12)3/h8,11H,4-7,9,14H2,1-3H3,(H,15,18). The van der Waals surface area contributed by atoms with Gasteiger partial charge < -0.3 is 11.1 Å². The zero-order valence-electron chi connectivity index (χ0n) is 11.6. The minimum absolute atomic E-state index is 0.0532. The van der Waals surface area contributed by atoms with Gasteiger partial charge in [0.15, 0.2) is 0 Å². The second-order valence-electron chi connectivity index (χ2n) is 4.55. The molecule has 0 saturated carbocycles. The predicted molar refractivity (Wildman–Crippen MR) is 72.4 cm³/mol. The molecule has 0 aliphatic carbocycles. The fraction of sp³-hybridized carbons (Fsp3) is 0.692. The molecule has 0 aromatic carbocycles. The van der Waals surface area contributed by atoms with Crippen molar-refractivity contribution in [2.24, 2.45) is 12.8 Å². The minimum Gasteiger partial charge on any atom is -0.347 e. The van der Waals surface area contributed by atoms with E-state index in [-0.39, 0.29) is 11.9 Å². The Bertz CT molecular complexity index is 386. The molecule has 0 aliphatic rings. The zero-order chi connectivity index (χ0) is 13.5. The number of aromatic nitrogens is 2. The summed E-state index contributed by atoms with van der Waals surface area (Å²) in [6.45, 7) is 4.63. The molecule has 1 aromatic rings. The molecule has 1 unspecified atom stereocenters. The maximum atomic E-state index is 12.1. The fourth-order valence-corrected chi connectivity index (χ4v) is 1.87. The van der Waals surface area contributed by atoms with E-state index in [9.17, 15) is 4.79 Å². The molecule has 1 rings (SSSR count). The lowest BCUT2D eigenvalue weighted by Crippen LogP contribution is -2.40. The summed E-state index contributed by atoms with van der Waals surface area (Å²) in [5.74, 6) is -0.0868. The second kappa shape index (κ2) is 7.16. The topological polar surface area (TPSA) is 72.9 Å². The summed E-state index contributed by atoms with van der Waals surface area (Å²) in [6, 6.07) is 1.89. The van der Waals surface area contributed by atoms with Gasteiger partial charge in [0.1, 0.15) is 5.69 Å². The second-order valence-corrected chi connectivity index (χ2v) is 4.55. The molecule has 1 atom stereocenters. The molecule has 0 fully saturated rings. The third-order valence-electron chi connectivity index (χ3n) is 3.05. The third-order valence-corrected chi connectivity index (χ3v) is 3.05. The maximum Gasteiger partial charge on any atom is 0.269 e. The number of hydrogen-bond acceptors (Lipinski definition) is 3. The molecule has 1 heterocycles. The molecule has 1 aromatic heterocycles. The number of carbonyl (C=O) groups excluding carboxylic acids is 1.